The molecule has 0 saturated heterocycles. The van der Waals surface area contributed by atoms with Gasteiger partial charge in [-0.05, 0) is 61.2 Å². The number of anilines is 1. The summed E-state index contributed by atoms with van der Waals surface area (Å²) < 4.78 is 73.9. The summed E-state index contributed by atoms with van der Waals surface area (Å²) in [7, 11) is 0. The van der Waals surface area contributed by atoms with Crippen molar-refractivity contribution in [2.75, 3.05) is 5.32 Å². The predicted molar refractivity (Wildman–Crippen MR) is 144 cm³/mol. The summed E-state index contributed by atoms with van der Waals surface area (Å²) in [5.74, 6) is -5.63. The molecule has 1 amide bonds. The molecule has 7 nitrogen and oxygen atoms in total. The van der Waals surface area contributed by atoms with Crippen molar-refractivity contribution in [2.24, 2.45) is 5.92 Å². The molecule has 1 heterocycles. The number of hydrogen-bond donors (Lipinski definition) is 2. The van der Waals surface area contributed by atoms with E-state index in [1.807, 2.05) is 0 Å². The van der Waals surface area contributed by atoms with Gasteiger partial charge < -0.3 is 19.7 Å². The molecule has 1 saturated carbocycles. The molecule has 1 aliphatic carbocycles. The van der Waals surface area contributed by atoms with Crippen molar-refractivity contribution in [2.45, 2.75) is 44.5 Å². The van der Waals surface area contributed by atoms with Crippen LogP contribution >= 0.6 is 11.6 Å². The number of fused-ring (bicyclic) bond motifs is 1. The lowest BCUT2D eigenvalue weighted by molar-refractivity contribution is -0.274. The monoisotopic (exact) mass is 607 g/mol. The van der Waals surface area contributed by atoms with E-state index in [4.69, 9.17) is 11.6 Å². The number of aromatic nitrogens is 2. The molecule has 42 heavy (non-hydrogen) atoms. The number of aromatic carboxylic acids is 1. The van der Waals surface area contributed by atoms with Gasteiger partial charge in [-0.15, -0.1) is 13.2 Å². The van der Waals surface area contributed by atoms with Gasteiger partial charge in [0.05, 0.1) is 22.3 Å². The van der Waals surface area contributed by atoms with Crippen molar-refractivity contribution in [3.05, 3.63) is 76.8 Å². The number of alkyl halides is 3. The van der Waals surface area contributed by atoms with Crippen molar-refractivity contribution in [3.63, 3.8) is 0 Å². The molecule has 13 heteroatoms. The number of carbonyl (C=O) groups excluding carboxylic acids is 1. The number of halogens is 6. The SMILES string of the molecule is O=C(O)c1ccc(NC(=O)C(C2CCCCC2)n2c(-c3ccc(Cl)cc3)nc3cc(F)c(F)cc32)c(OC(F)(F)F)c1. The van der Waals surface area contributed by atoms with Gasteiger partial charge in [0, 0.05) is 22.7 Å². The molecule has 1 aromatic heterocycles. The number of amides is 1. The third-order valence-corrected chi connectivity index (χ3v) is 7.44. The average molecular weight is 608 g/mol. The van der Waals surface area contributed by atoms with E-state index in [9.17, 15) is 36.6 Å². The van der Waals surface area contributed by atoms with Crippen LogP contribution in [0.3, 0.4) is 0 Å². The molecule has 0 spiro atoms. The van der Waals surface area contributed by atoms with Crippen LogP contribution < -0.4 is 10.1 Å². The third-order valence-electron chi connectivity index (χ3n) is 7.19. The van der Waals surface area contributed by atoms with E-state index in [-0.39, 0.29) is 22.8 Å². The Kier molecular flexibility index (Phi) is 8.09. The van der Waals surface area contributed by atoms with E-state index in [0.717, 1.165) is 43.5 Å². The molecule has 4 aromatic rings. The second kappa shape index (κ2) is 11.6. The molecule has 1 unspecified atom stereocenters. The summed E-state index contributed by atoms with van der Waals surface area (Å²) in [6.07, 6.45) is -1.56. The first-order valence-corrected chi connectivity index (χ1v) is 13.4. The van der Waals surface area contributed by atoms with Crippen molar-refractivity contribution in [1.29, 1.82) is 0 Å². The van der Waals surface area contributed by atoms with Crippen LogP contribution in [0.15, 0.2) is 54.6 Å². The molecule has 1 fully saturated rings. The number of benzene rings is 3. The number of nitrogens with zero attached hydrogens (tertiary/aromatic N) is 2. The topological polar surface area (TPSA) is 93.5 Å². The maximum absolute atomic E-state index is 14.6. The van der Waals surface area contributed by atoms with Gasteiger partial charge in [0.25, 0.3) is 0 Å². The minimum Gasteiger partial charge on any atom is -0.478 e. The Morgan fingerprint density at radius 1 is 1.00 bits per heavy atom. The van der Waals surface area contributed by atoms with Crippen LogP contribution in [-0.4, -0.2) is 32.9 Å². The van der Waals surface area contributed by atoms with Crippen LogP contribution in [0.1, 0.15) is 48.5 Å². The largest absolute Gasteiger partial charge is 0.573 e. The Bertz CT molecular complexity index is 1650. The third kappa shape index (κ3) is 6.18. The van der Waals surface area contributed by atoms with E-state index in [0.29, 0.717) is 29.5 Å². The van der Waals surface area contributed by atoms with Gasteiger partial charge in [-0.1, -0.05) is 30.9 Å². The van der Waals surface area contributed by atoms with E-state index in [2.05, 4.69) is 15.0 Å². The fourth-order valence-electron chi connectivity index (χ4n) is 5.34. The first kappa shape index (κ1) is 29.3. The molecule has 5 rings (SSSR count). The fourth-order valence-corrected chi connectivity index (χ4v) is 5.47. The molecule has 0 bridgehead atoms. The summed E-state index contributed by atoms with van der Waals surface area (Å²) in [6, 6.07) is 9.84. The molecular weight excluding hydrogens is 585 g/mol. The summed E-state index contributed by atoms with van der Waals surface area (Å²) >= 11 is 6.06. The quantitative estimate of drug-likeness (QED) is 0.208. The lowest BCUT2D eigenvalue weighted by atomic mass is 9.83. The predicted octanol–water partition coefficient (Wildman–Crippen LogP) is 7.99. The van der Waals surface area contributed by atoms with Crippen LogP contribution in [0.25, 0.3) is 22.4 Å². The maximum atomic E-state index is 14.6. The molecular formula is C29H23ClF5N3O4. The van der Waals surface area contributed by atoms with Gasteiger partial charge in [0.15, 0.2) is 17.4 Å². The Balaban J connectivity index is 1.67. The molecule has 2 N–H and O–H groups in total. The lowest BCUT2D eigenvalue weighted by Gasteiger charge is -2.32. The summed E-state index contributed by atoms with van der Waals surface area (Å²) in [5, 5.41) is 12.1. The minimum atomic E-state index is -5.18. The van der Waals surface area contributed by atoms with Crippen LogP contribution in [0.2, 0.25) is 5.02 Å². The Morgan fingerprint density at radius 2 is 1.67 bits per heavy atom. The molecule has 3 aromatic carbocycles. The first-order valence-electron chi connectivity index (χ1n) is 13.0. The Labute approximate surface area is 240 Å². The number of carbonyl (C=O) groups is 2. The number of ether oxygens (including phenoxy) is 1. The van der Waals surface area contributed by atoms with Crippen LogP contribution in [0, 0.1) is 17.6 Å². The first-order chi connectivity index (χ1) is 19.9. The lowest BCUT2D eigenvalue weighted by Crippen LogP contribution is -2.34. The van der Waals surface area contributed by atoms with Crippen LogP contribution in [0.4, 0.5) is 27.6 Å². The van der Waals surface area contributed by atoms with Gasteiger partial charge in [-0.3, -0.25) is 4.79 Å². The highest BCUT2D eigenvalue weighted by molar-refractivity contribution is 6.30. The zero-order valence-corrected chi connectivity index (χ0v) is 22.5. The van der Waals surface area contributed by atoms with E-state index in [1.165, 1.54) is 4.57 Å². The Morgan fingerprint density at radius 3 is 2.31 bits per heavy atom. The molecule has 0 radical (unpaired) electrons. The smallest absolute Gasteiger partial charge is 0.478 e. The second-order valence-corrected chi connectivity index (χ2v) is 10.4. The van der Waals surface area contributed by atoms with Gasteiger partial charge in [0.2, 0.25) is 5.91 Å². The average Bonchev–Trinajstić information content (AvgIpc) is 3.27. The zero-order chi connectivity index (χ0) is 30.2. The van der Waals surface area contributed by atoms with Gasteiger partial charge in [-0.2, -0.15) is 0 Å². The number of carboxylic acid groups (broad SMARTS) is 1. The molecule has 220 valence electrons. The standard InChI is InChI=1S/C29H23ClF5N3O4/c30-18-9-6-16(7-10-18)26-36-22-13-19(31)20(32)14-23(22)38(26)25(15-4-2-1-3-5-15)27(39)37-21-11-8-17(28(40)41)12-24(21)42-29(33,34)35/h6-15,25H,1-5H2,(H,37,39)(H,40,41). The van der Waals surface area contributed by atoms with Gasteiger partial charge >= 0.3 is 12.3 Å². The zero-order valence-electron chi connectivity index (χ0n) is 21.7. The van der Waals surface area contributed by atoms with E-state index >= 15 is 0 Å². The summed E-state index contributed by atoms with van der Waals surface area (Å²) in [5.41, 5.74) is -0.245. The highest BCUT2D eigenvalue weighted by Crippen LogP contribution is 2.40. The van der Waals surface area contributed by atoms with Crippen molar-refractivity contribution in [1.82, 2.24) is 9.55 Å². The molecule has 0 aliphatic heterocycles. The summed E-state index contributed by atoms with van der Waals surface area (Å²) in [4.78, 5) is 30.0. The van der Waals surface area contributed by atoms with Crippen molar-refractivity contribution < 1.29 is 41.4 Å². The highest BCUT2D eigenvalue weighted by atomic mass is 35.5. The number of carboxylic acids is 1. The Hall–Kier alpha value is -4.19. The van der Waals surface area contributed by atoms with Crippen molar-refractivity contribution in [3.8, 4) is 17.1 Å². The molecule has 1 aliphatic rings. The maximum Gasteiger partial charge on any atom is 0.573 e. The summed E-state index contributed by atoms with van der Waals surface area (Å²) in [6.45, 7) is 0. The van der Waals surface area contributed by atoms with Crippen LogP contribution in [-0.2, 0) is 4.79 Å². The van der Waals surface area contributed by atoms with E-state index < -0.39 is 52.9 Å². The number of rotatable bonds is 7. The highest BCUT2D eigenvalue weighted by Gasteiger charge is 2.37. The fraction of sp³-hybridized carbons (Fsp3) is 0.276. The van der Waals surface area contributed by atoms with Crippen LogP contribution in [0.5, 0.6) is 5.75 Å². The normalized spacial score (nSPS) is 15.0. The number of nitrogens with one attached hydrogen (secondary N) is 1. The molecule has 1 atom stereocenters. The number of imidazole rings is 1. The number of hydrogen-bond acceptors (Lipinski definition) is 4. The van der Waals surface area contributed by atoms with E-state index in [1.54, 1.807) is 24.3 Å². The van der Waals surface area contributed by atoms with Crippen molar-refractivity contribution >= 4 is 40.2 Å². The second-order valence-electron chi connectivity index (χ2n) is 9.96. The van der Waals surface area contributed by atoms with Gasteiger partial charge in [-0.25, -0.2) is 18.6 Å². The van der Waals surface area contributed by atoms with Gasteiger partial charge in [0.1, 0.15) is 11.9 Å². The minimum absolute atomic E-state index is 0.0689.